The molecule has 0 radical (unpaired) electrons. The topological polar surface area (TPSA) is 47.9 Å². The first-order chi connectivity index (χ1) is 8.15. The molecule has 2 heterocycles. The molecule has 4 nitrogen and oxygen atoms in total. The Balaban J connectivity index is 2.21. The fourth-order valence-electron chi connectivity index (χ4n) is 1.29. The van der Waals surface area contributed by atoms with E-state index in [2.05, 4.69) is 44.7 Å². The van der Waals surface area contributed by atoms with Crippen LogP contribution < -0.4 is 4.74 Å². The number of ether oxygens (including phenoxy) is 1. The highest BCUT2D eigenvalue weighted by molar-refractivity contribution is 9.10. The van der Waals surface area contributed by atoms with Crippen LogP contribution in [0, 0.1) is 0 Å². The molecule has 5 heteroatoms. The summed E-state index contributed by atoms with van der Waals surface area (Å²) in [6.45, 7) is 4.15. The number of nitrogens with zero attached hydrogens (tertiary/aromatic N) is 3. The maximum atomic E-state index is 5.61. The molecule has 0 unspecified atom stereocenters. The van der Waals surface area contributed by atoms with Gasteiger partial charge in [0.05, 0.1) is 11.9 Å². The standard InChI is InChI=1S/C12H12BrN3O/c1-8(2)11-4-12(16-7-15-11)17-10-3-9(13)5-14-6-10/h3-8H,1-2H3. The molecule has 0 amide bonds. The van der Waals surface area contributed by atoms with Crippen molar-refractivity contribution in [2.75, 3.05) is 0 Å². The Hall–Kier alpha value is -1.49. The first-order valence-electron chi connectivity index (χ1n) is 5.25. The Morgan fingerprint density at radius 3 is 2.71 bits per heavy atom. The molecule has 17 heavy (non-hydrogen) atoms. The van der Waals surface area contributed by atoms with Gasteiger partial charge in [0.25, 0.3) is 0 Å². The van der Waals surface area contributed by atoms with Crippen LogP contribution in [0.5, 0.6) is 11.6 Å². The first kappa shape index (κ1) is 12.0. The third-order valence-corrected chi connectivity index (χ3v) is 2.59. The van der Waals surface area contributed by atoms with Crippen LogP contribution in [0.4, 0.5) is 0 Å². The molecule has 0 spiro atoms. The Labute approximate surface area is 108 Å². The summed E-state index contributed by atoms with van der Waals surface area (Å²) in [5, 5.41) is 0. The van der Waals surface area contributed by atoms with E-state index < -0.39 is 0 Å². The van der Waals surface area contributed by atoms with Crippen molar-refractivity contribution < 1.29 is 4.74 Å². The quantitative estimate of drug-likeness (QED) is 0.868. The number of hydrogen-bond acceptors (Lipinski definition) is 4. The highest BCUT2D eigenvalue weighted by atomic mass is 79.9. The van der Waals surface area contributed by atoms with Gasteiger partial charge in [0.15, 0.2) is 0 Å². The number of pyridine rings is 1. The molecule has 0 aliphatic heterocycles. The second-order valence-corrected chi connectivity index (χ2v) is 4.79. The van der Waals surface area contributed by atoms with E-state index in [-0.39, 0.29) is 0 Å². The molecule has 0 fully saturated rings. The lowest BCUT2D eigenvalue weighted by Crippen LogP contribution is -1.96. The van der Waals surface area contributed by atoms with Crippen molar-refractivity contribution >= 4 is 15.9 Å². The minimum atomic E-state index is 0.348. The lowest BCUT2D eigenvalue weighted by atomic mass is 10.1. The van der Waals surface area contributed by atoms with Crippen molar-refractivity contribution in [3.05, 3.63) is 41.0 Å². The molecule has 0 aliphatic carbocycles. The lowest BCUT2D eigenvalue weighted by molar-refractivity contribution is 0.457. The Kier molecular flexibility index (Phi) is 3.68. The smallest absolute Gasteiger partial charge is 0.222 e. The molecule has 0 atom stereocenters. The van der Waals surface area contributed by atoms with Gasteiger partial charge in [0.2, 0.25) is 5.88 Å². The number of hydrogen-bond donors (Lipinski definition) is 0. The molecular weight excluding hydrogens is 282 g/mol. The van der Waals surface area contributed by atoms with Crippen LogP contribution in [-0.4, -0.2) is 15.0 Å². The van der Waals surface area contributed by atoms with Crippen LogP contribution in [0.15, 0.2) is 35.3 Å². The molecule has 0 bridgehead atoms. The van der Waals surface area contributed by atoms with E-state index in [1.807, 2.05) is 12.1 Å². The van der Waals surface area contributed by atoms with Crippen molar-refractivity contribution in [3.8, 4) is 11.6 Å². The van der Waals surface area contributed by atoms with Gasteiger partial charge >= 0.3 is 0 Å². The highest BCUT2D eigenvalue weighted by Gasteiger charge is 2.05. The van der Waals surface area contributed by atoms with E-state index in [9.17, 15) is 0 Å². The maximum absolute atomic E-state index is 5.61. The molecule has 88 valence electrons. The van der Waals surface area contributed by atoms with Crippen LogP contribution >= 0.6 is 15.9 Å². The van der Waals surface area contributed by atoms with E-state index in [0.29, 0.717) is 17.5 Å². The summed E-state index contributed by atoms with van der Waals surface area (Å²) in [7, 11) is 0. The third kappa shape index (κ3) is 3.23. The van der Waals surface area contributed by atoms with Crippen LogP contribution in [0.1, 0.15) is 25.5 Å². The van der Waals surface area contributed by atoms with Gasteiger partial charge in [0, 0.05) is 16.7 Å². The van der Waals surface area contributed by atoms with Crippen LogP contribution in [-0.2, 0) is 0 Å². The van der Waals surface area contributed by atoms with E-state index in [1.54, 1.807) is 12.4 Å². The van der Waals surface area contributed by atoms with E-state index in [0.717, 1.165) is 10.2 Å². The summed E-state index contributed by atoms with van der Waals surface area (Å²) < 4.78 is 6.48. The minimum Gasteiger partial charge on any atom is -0.437 e. The Morgan fingerprint density at radius 1 is 1.18 bits per heavy atom. The lowest BCUT2D eigenvalue weighted by Gasteiger charge is -2.07. The molecule has 0 N–H and O–H groups in total. The number of halogens is 1. The third-order valence-electron chi connectivity index (χ3n) is 2.16. The predicted molar refractivity (Wildman–Crippen MR) is 68.1 cm³/mol. The van der Waals surface area contributed by atoms with Crippen molar-refractivity contribution in [2.45, 2.75) is 19.8 Å². The van der Waals surface area contributed by atoms with Gasteiger partial charge in [-0.15, -0.1) is 0 Å². The molecule has 0 aromatic carbocycles. The first-order valence-corrected chi connectivity index (χ1v) is 6.05. The Morgan fingerprint density at radius 2 is 2.00 bits per heavy atom. The van der Waals surface area contributed by atoms with E-state index >= 15 is 0 Å². The van der Waals surface area contributed by atoms with Crippen molar-refractivity contribution in [2.24, 2.45) is 0 Å². The Bertz CT molecular complexity index is 517. The monoisotopic (exact) mass is 293 g/mol. The number of rotatable bonds is 3. The van der Waals surface area contributed by atoms with Crippen molar-refractivity contribution in [1.29, 1.82) is 0 Å². The summed E-state index contributed by atoms with van der Waals surface area (Å²) in [4.78, 5) is 12.3. The van der Waals surface area contributed by atoms with Crippen LogP contribution in [0.3, 0.4) is 0 Å². The minimum absolute atomic E-state index is 0.348. The van der Waals surface area contributed by atoms with Crippen molar-refractivity contribution in [3.63, 3.8) is 0 Å². The maximum Gasteiger partial charge on any atom is 0.222 e. The summed E-state index contributed by atoms with van der Waals surface area (Å²) in [6.07, 6.45) is 4.85. The summed E-state index contributed by atoms with van der Waals surface area (Å²) in [5.74, 6) is 1.53. The molecule has 2 aromatic heterocycles. The molecule has 2 aromatic rings. The van der Waals surface area contributed by atoms with Crippen LogP contribution in [0.2, 0.25) is 0 Å². The second-order valence-electron chi connectivity index (χ2n) is 3.88. The predicted octanol–water partition coefficient (Wildman–Crippen LogP) is 3.55. The van der Waals surface area contributed by atoms with Gasteiger partial charge in [-0.2, -0.15) is 0 Å². The molecular formula is C12H12BrN3O. The fourth-order valence-corrected chi connectivity index (χ4v) is 1.64. The summed E-state index contributed by atoms with van der Waals surface area (Å²) in [6, 6.07) is 3.68. The molecule has 0 aliphatic rings. The van der Waals surface area contributed by atoms with Gasteiger partial charge in [-0.05, 0) is 27.9 Å². The SMILES string of the molecule is CC(C)c1cc(Oc2cncc(Br)c2)ncn1. The molecule has 2 rings (SSSR count). The highest BCUT2D eigenvalue weighted by Crippen LogP contribution is 2.23. The van der Waals surface area contributed by atoms with E-state index in [1.165, 1.54) is 6.33 Å². The number of aromatic nitrogens is 3. The zero-order valence-corrected chi connectivity index (χ0v) is 11.2. The van der Waals surface area contributed by atoms with Crippen molar-refractivity contribution in [1.82, 2.24) is 15.0 Å². The zero-order valence-electron chi connectivity index (χ0n) is 9.59. The van der Waals surface area contributed by atoms with Gasteiger partial charge in [-0.25, -0.2) is 9.97 Å². The molecule has 0 saturated carbocycles. The normalized spacial score (nSPS) is 10.6. The zero-order chi connectivity index (χ0) is 12.3. The van der Waals surface area contributed by atoms with Gasteiger partial charge < -0.3 is 4.74 Å². The molecule has 0 saturated heterocycles. The van der Waals surface area contributed by atoms with Gasteiger partial charge in [0.1, 0.15) is 12.1 Å². The fraction of sp³-hybridized carbons (Fsp3) is 0.250. The van der Waals surface area contributed by atoms with Crippen LogP contribution in [0.25, 0.3) is 0 Å². The van der Waals surface area contributed by atoms with Gasteiger partial charge in [-0.3, -0.25) is 4.98 Å². The average molecular weight is 294 g/mol. The van der Waals surface area contributed by atoms with E-state index in [4.69, 9.17) is 4.74 Å². The largest absolute Gasteiger partial charge is 0.437 e. The van der Waals surface area contributed by atoms with Gasteiger partial charge in [-0.1, -0.05) is 13.8 Å². The summed E-state index contributed by atoms with van der Waals surface area (Å²) >= 11 is 3.34. The summed E-state index contributed by atoms with van der Waals surface area (Å²) in [5.41, 5.74) is 0.956. The second kappa shape index (κ2) is 5.23. The average Bonchev–Trinajstić information content (AvgIpc) is 2.29.